The monoisotopic (exact) mass is 515 g/mol. The van der Waals surface area contributed by atoms with E-state index in [-0.39, 0.29) is 0 Å². The Kier molecular flexibility index (Phi) is 4.24. The molecule has 0 aliphatic rings. The molecule has 0 aliphatic carbocycles. The van der Waals surface area contributed by atoms with Gasteiger partial charge in [0.1, 0.15) is 11.2 Å². The van der Waals surface area contributed by atoms with Crippen molar-refractivity contribution >= 4 is 75.3 Å². The first kappa shape index (κ1) is 21.1. The smallest absolute Gasteiger partial charge is 0.137 e. The Bertz CT molecular complexity index is 2400. The quantitative estimate of drug-likeness (QED) is 0.224. The lowest BCUT2D eigenvalue weighted by Crippen LogP contribution is -1.94. The number of fused-ring (bicyclic) bond motifs is 9. The van der Waals surface area contributed by atoms with E-state index in [1.807, 2.05) is 23.5 Å². The summed E-state index contributed by atoms with van der Waals surface area (Å²) < 4.78 is 11.3. The molecule has 0 spiro atoms. The summed E-state index contributed by atoms with van der Waals surface area (Å²) in [5.41, 5.74) is 7.83. The van der Waals surface area contributed by atoms with Crippen LogP contribution in [0.4, 0.5) is 0 Å². The normalized spacial score (nSPS) is 12.1. The van der Waals surface area contributed by atoms with Crippen molar-refractivity contribution in [3.05, 3.63) is 127 Å². The van der Waals surface area contributed by atoms with Gasteiger partial charge >= 0.3 is 0 Å². The van der Waals surface area contributed by atoms with E-state index in [0.717, 1.165) is 33.1 Å². The second-order valence-corrected chi connectivity index (χ2v) is 11.2. The van der Waals surface area contributed by atoms with Gasteiger partial charge in [0, 0.05) is 53.5 Å². The van der Waals surface area contributed by atoms with Crippen LogP contribution in [0.3, 0.4) is 0 Å². The molecule has 9 aromatic rings. The molecule has 3 aromatic heterocycles. The molecule has 0 atom stereocenters. The molecule has 3 heterocycles. The summed E-state index contributed by atoms with van der Waals surface area (Å²) in [5.74, 6) is 0. The van der Waals surface area contributed by atoms with Crippen LogP contribution in [0.1, 0.15) is 0 Å². The van der Waals surface area contributed by atoms with E-state index in [4.69, 9.17) is 4.42 Å². The zero-order chi connectivity index (χ0) is 25.5. The van der Waals surface area contributed by atoms with Crippen molar-refractivity contribution in [1.82, 2.24) is 4.57 Å². The minimum Gasteiger partial charge on any atom is -0.456 e. The number of benzene rings is 6. The summed E-state index contributed by atoms with van der Waals surface area (Å²) in [5, 5.41) is 7.45. The van der Waals surface area contributed by atoms with Crippen molar-refractivity contribution < 1.29 is 4.42 Å². The fourth-order valence-corrected chi connectivity index (χ4v) is 7.49. The van der Waals surface area contributed by atoms with Gasteiger partial charge in [-0.15, -0.1) is 11.3 Å². The Morgan fingerprint density at radius 2 is 1.26 bits per heavy atom. The van der Waals surface area contributed by atoms with E-state index >= 15 is 0 Å². The zero-order valence-corrected chi connectivity index (χ0v) is 21.7. The number of para-hydroxylation sites is 2. The highest BCUT2D eigenvalue weighted by molar-refractivity contribution is 7.26. The second-order valence-electron chi connectivity index (χ2n) is 10.1. The van der Waals surface area contributed by atoms with E-state index in [2.05, 4.69) is 120 Å². The van der Waals surface area contributed by atoms with Crippen LogP contribution in [0.2, 0.25) is 0 Å². The first-order valence-electron chi connectivity index (χ1n) is 13.2. The van der Waals surface area contributed by atoms with E-state index in [1.54, 1.807) is 0 Å². The van der Waals surface area contributed by atoms with Gasteiger partial charge in [-0.3, -0.25) is 0 Å². The van der Waals surface area contributed by atoms with Crippen LogP contribution in [0.5, 0.6) is 0 Å². The van der Waals surface area contributed by atoms with E-state index in [1.165, 1.54) is 47.6 Å². The van der Waals surface area contributed by atoms with Gasteiger partial charge in [-0.05, 0) is 47.5 Å². The molecule has 3 heteroatoms. The Morgan fingerprint density at radius 1 is 0.487 bits per heavy atom. The molecule has 0 bridgehead atoms. The molecule has 2 nitrogen and oxygen atoms in total. The van der Waals surface area contributed by atoms with E-state index in [9.17, 15) is 0 Å². The maximum absolute atomic E-state index is 6.31. The van der Waals surface area contributed by atoms with Crippen molar-refractivity contribution in [2.45, 2.75) is 0 Å². The SMILES string of the molecule is c1cc(-c2cccc3c2sc2ccccc23)cc(-n2c3ccccc3c3cc4c(cc32)oc2ccccc24)c1. The van der Waals surface area contributed by atoms with Crippen molar-refractivity contribution in [1.29, 1.82) is 0 Å². The largest absolute Gasteiger partial charge is 0.456 e. The topological polar surface area (TPSA) is 18.1 Å². The molecule has 182 valence electrons. The van der Waals surface area contributed by atoms with Crippen LogP contribution in [0, 0.1) is 0 Å². The maximum Gasteiger partial charge on any atom is 0.137 e. The van der Waals surface area contributed by atoms with Gasteiger partial charge in [0.25, 0.3) is 0 Å². The van der Waals surface area contributed by atoms with Crippen LogP contribution in [-0.4, -0.2) is 4.57 Å². The van der Waals surface area contributed by atoms with Crippen molar-refractivity contribution in [3.8, 4) is 16.8 Å². The number of hydrogen-bond acceptors (Lipinski definition) is 2. The molecule has 6 aromatic carbocycles. The van der Waals surface area contributed by atoms with Crippen LogP contribution < -0.4 is 0 Å². The number of hydrogen-bond donors (Lipinski definition) is 0. The molecule has 0 unspecified atom stereocenters. The van der Waals surface area contributed by atoms with Crippen molar-refractivity contribution in [3.63, 3.8) is 0 Å². The van der Waals surface area contributed by atoms with Crippen LogP contribution in [0.25, 0.3) is 80.7 Å². The standard InChI is InChI=1S/C36H21NOS/c1-4-16-31-25(11-1)29-20-30-26-12-2-5-17-33(26)38-34(30)21-32(29)37(31)23-10-7-9-22(19-23)24-14-8-15-28-27-13-3-6-18-35(27)39-36(24)28/h1-21H. The van der Waals surface area contributed by atoms with Gasteiger partial charge in [0.2, 0.25) is 0 Å². The molecule has 0 saturated carbocycles. The maximum atomic E-state index is 6.31. The molecule has 0 saturated heterocycles. The number of nitrogens with zero attached hydrogens (tertiary/aromatic N) is 1. The predicted molar refractivity (Wildman–Crippen MR) is 166 cm³/mol. The number of aromatic nitrogens is 1. The third-order valence-electron chi connectivity index (χ3n) is 7.99. The zero-order valence-electron chi connectivity index (χ0n) is 20.9. The predicted octanol–water partition coefficient (Wildman–Crippen LogP) is 10.7. The second kappa shape index (κ2) is 7.83. The van der Waals surface area contributed by atoms with Gasteiger partial charge < -0.3 is 8.98 Å². The highest BCUT2D eigenvalue weighted by Crippen LogP contribution is 2.42. The molecule has 0 radical (unpaired) electrons. The third kappa shape index (κ3) is 2.96. The molecular formula is C36H21NOS. The number of thiophene rings is 1. The van der Waals surface area contributed by atoms with Crippen LogP contribution >= 0.6 is 11.3 Å². The number of furan rings is 1. The third-order valence-corrected chi connectivity index (χ3v) is 9.21. The fourth-order valence-electron chi connectivity index (χ4n) is 6.25. The molecule has 9 rings (SSSR count). The molecule has 0 fully saturated rings. The Labute approximate surface area is 227 Å². The highest BCUT2D eigenvalue weighted by atomic mass is 32.1. The lowest BCUT2D eigenvalue weighted by molar-refractivity contribution is 0.669. The molecule has 0 aliphatic heterocycles. The molecule has 0 N–H and O–H groups in total. The summed E-state index contributed by atoms with van der Waals surface area (Å²) in [6.45, 7) is 0. The van der Waals surface area contributed by atoms with E-state index < -0.39 is 0 Å². The summed E-state index contributed by atoms with van der Waals surface area (Å²) >= 11 is 1.88. The molecule has 39 heavy (non-hydrogen) atoms. The Morgan fingerprint density at radius 3 is 2.21 bits per heavy atom. The fraction of sp³-hybridized carbons (Fsp3) is 0. The average Bonchev–Trinajstić information content (AvgIpc) is 3.65. The lowest BCUT2D eigenvalue weighted by atomic mass is 10.0. The van der Waals surface area contributed by atoms with Gasteiger partial charge in [-0.2, -0.15) is 0 Å². The van der Waals surface area contributed by atoms with Crippen molar-refractivity contribution in [2.24, 2.45) is 0 Å². The molecular weight excluding hydrogens is 494 g/mol. The van der Waals surface area contributed by atoms with Gasteiger partial charge in [0.15, 0.2) is 0 Å². The summed E-state index contributed by atoms with van der Waals surface area (Å²) in [6.07, 6.45) is 0. The van der Waals surface area contributed by atoms with Gasteiger partial charge in [-0.25, -0.2) is 0 Å². The minimum absolute atomic E-state index is 0.916. The highest BCUT2D eigenvalue weighted by Gasteiger charge is 2.17. The van der Waals surface area contributed by atoms with Crippen LogP contribution in [-0.2, 0) is 0 Å². The van der Waals surface area contributed by atoms with Gasteiger partial charge in [0.05, 0.1) is 11.0 Å². The Hall–Kier alpha value is -4.86. The molecule has 0 amide bonds. The minimum atomic E-state index is 0.916. The summed E-state index contributed by atoms with van der Waals surface area (Å²) in [4.78, 5) is 0. The average molecular weight is 516 g/mol. The summed E-state index contributed by atoms with van der Waals surface area (Å²) in [7, 11) is 0. The Balaban J connectivity index is 1.33. The van der Waals surface area contributed by atoms with Gasteiger partial charge in [-0.1, -0.05) is 84.9 Å². The first-order valence-corrected chi connectivity index (χ1v) is 14.0. The first-order chi connectivity index (χ1) is 19.3. The lowest BCUT2D eigenvalue weighted by Gasteiger charge is -2.11. The summed E-state index contributed by atoms with van der Waals surface area (Å²) in [6, 6.07) is 45.8. The van der Waals surface area contributed by atoms with Crippen molar-refractivity contribution in [2.75, 3.05) is 0 Å². The number of rotatable bonds is 2. The van der Waals surface area contributed by atoms with E-state index in [0.29, 0.717) is 0 Å². The van der Waals surface area contributed by atoms with Crippen LogP contribution in [0.15, 0.2) is 132 Å².